The van der Waals surface area contributed by atoms with E-state index in [1.807, 2.05) is 24.3 Å². The molecular weight excluding hydrogens is 436 g/mol. The number of rotatable bonds is 7. The quantitative estimate of drug-likeness (QED) is 0.578. The molecule has 2 aromatic rings. The van der Waals surface area contributed by atoms with Gasteiger partial charge in [0.1, 0.15) is 12.6 Å². The lowest BCUT2D eigenvalue weighted by molar-refractivity contribution is -0.152. The summed E-state index contributed by atoms with van der Waals surface area (Å²) in [7, 11) is 0. The largest absolute Gasteiger partial charge is 0.480 e. The van der Waals surface area contributed by atoms with Gasteiger partial charge in [0.2, 0.25) is 5.91 Å². The zero-order valence-corrected chi connectivity index (χ0v) is 19.4. The predicted molar refractivity (Wildman–Crippen MR) is 125 cm³/mol. The number of carboxylic acid groups (broad SMARTS) is 1. The monoisotopic (exact) mass is 466 g/mol. The lowest BCUT2D eigenvalue weighted by Gasteiger charge is -2.31. The average molecular weight is 467 g/mol. The van der Waals surface area contributed by atoms with E-state index < -0.39 is 29.6 Å². The first-order valence-electron chi connectivity index (χ1n) is 11.5. The zero-order valence-electron chi connectivity index (χ0n) is 19.4. The molecule has 0 bridgehead atoms. The number of fused-ring (bicyclic) bond motifs is 3. The van der Waals surface area contributed by atoms with Crippen LogP contribution in [0.2, 0.25) is 0 Å². The number of hydrogen-bond acceptors (Lipinski definition) is 5. The third kappa shape index (κ3) is 4.63. The molecule has 2 aromatic carbocycles. The van der Waals surface area contributed by atoms with Crippen molar-refractivity contribution < 1.29 is 29.3 Å². The second kappa shape index (κ2) is 9.46. The van der Waals surface area contributed by atoms with Crippen molar-refractivity contribution >= 4 is 18.0 Å². The van der Waals surface area contributed by atoms with E-state index in [1.165, 1.54) is 4.90 Å². The Morgan fingerprint density at radius 3 is 2.24 bits per heavy atom. The van der Waals surface area contributed by atoms with Crippen molar-refractivity contribution in [1.82, 2.24) is 10.2 Å². The van der Waals surface area contributed by atoms with Crippen molar-refractivity contribution in [2.45, 2.75) is 44.8 Å². The third-order valence-corrected chi connectivity index (χ3v) is 6.77. The summed E-state index contributed by atoms with van der Waals surface area (Å²) in [5.41, 5.74) is 3.65. The normalized spacial score (nSPS) is 19.4. The highest BCUT2D eigenvalue weighted by molar-refractivity contribution is 5.88. The molecule has 8 nitrogen and oxygen atoms in total. The number of carbonyl (C=O) groups is 3. The minimum absolute atomic E-state index is 0.000955. The number of β-amino-alcohol motifs (C(OH)–C–C–N with tert-alkyl or cyclic N) is 1. The molecule has 1 aliphatic carbocycles. The number of nitrogens with one attached hydrogen (secondary N) is 1. The van der Waals surface area contributed by atoms with E-state index in [1.54, 1.807) is 13.8 Å². The molecule has 1 fully saturated rings. The van der Waals surface area contributed by atoms with Gasteiger partial charge in [-0.1, -0.05) is 62.4 Å². The third-order valence-electron chi connectivity index (χ3n) is 6.77. The second-order valence-electron chi connectivity index (χ2n) is 9.59. The van der Waals surface area contributed by atoms with Gasteiger partial charge in [-0.25, -0.2) is 9.59 Å². The highest BCUT2D eigenvalue weighted by Gasteiger charge is 2.43. The first-order valence-corrected chi connectivity index (χ1v) is 11.5. The van der Waals surface area contributed by atoms with Crippen LogP contribution in [0.1, 0.15) is 43.7 Å². The van der Waals surface area contributed by atoms with Crippen LogP contribution in [0.4, 0.5) is 4.79 Å². The van der Waals surface area contributed by atoms with E-state index in [9.17, 15) is 24.6 Å². The smallest absolute Gasteiger partial charge is 0.407 e. The van der Waals surface area contributed by atoms with Gasteiger partial charge in [0.25, 0.3) is 0 Å². The van der Waals surface area contributed by atoms with Crippen LogP contribution in [0.5, 0.6) is 0 Å². The van der Waals surface area contributed by atoms with Crippen molar-refractivity contribution in [3.8, 4) is 11.1 Å². The van der Waals surface area contributed by atoms with E-state index in [4.69, 9.17) is 4.74 Å². The minimum Gasteiger partial charge on any atom is -0.480 e. The number of amides is 2. The first kappa shape index (κ1) is 23.8. The fourth-order valence-corrected chi connectivity index (χ4v) is 4.89. The molecule has 1 aliphatic heterocycles. The molecule has 0 unspecified atom stereocenters. The van der Waals surface area contributed by atoms with Crippen LogP contribution in [0.3, 0.4) is 0 Å². The molecule has 180 valence electrons. The number of aliphatic carboxylic acids is 1. The zero-order chi connectivity index (χ0) is 24.5. The van der Waals surface area contributed by atoms with Crippen molar-refractivity contribution in [2.24, 2.45) is 5.41 Å². The Balaban J connectivity index is 1.30. The Hall–Kier alpha value is -3.39. The Morgan fingerprint density at radius 1 is 1.06 bits per heavy atom. The number of carboxylic acids is 1. The molecule has 0 saturated carbocycles. The summed E-state index contributed by atoms with van der Waals surface area (Å²) >= 11 is 0. The molecule has 4 rings (SSSR count). The lowest BCUT2D eigenvalue weighted by atomic mass is 9.87. The molecule has 3 N–H and O–H groups in total. The summed E-state index contributed by atoms with van der Waals surface area (Å²) in [4.78, 5) is 38.0. The number of alkyl carbamates (subject to hydrolysis) is 1. The number of nitrogens with zero attached hydrogens (tertiary/aromatic N) is 1. The first-order chi connectivity index (χ1) is 16.2. The van der Waals surface area contributed by atoms with Gasteiger partial charge >= 0.3 is 12.1 Å². The van der Waals surface area contributed by atoms with Crippen molar-refractivity contribution in [3.63, 3.8) is 0 Å². The van der Waals surface area contributed by atoms with Crippen LogP contribution in [-0.2, 0) is 14.3 Å². The molecule has 1 heterocycles. The summed E-state index contributed by atoms with van der Waals surface area (Å²) in [6.45, 7) is 3.81. The van der Waals surface area contributed by atoms with Gasteiger partial charge in [0.15, 0.2) is 0 Å². The summed E-state index contributed by atoms with van der Waals surface area (Å²) in [6, 6.07) is 15.2. The van der Waals surface area contributed by atoms with Gasteiger partial charge < -0.3 is 25.2 Å². The molecule has 1 saturated heterocycles. The van der Waals surface area contributed by atoms with E-state index in [2.05, 4.69) is 29.6 Å². The Labute approximate surface area is 198 Å². The topological polar surface area (TPSA) is 116 Å². The van der Waals surface area contributed by atoms with Crippen molar-refractivity contribution in [3.05, 3.63) is 59.7 Å². The van der Waals surface area contributed by atoms with E-state index >= 15 is 0 Å². The Morgan fingerprint density at radius 2 is 1.65 bits per heavy atom. The molecule has 0 radical (unpaired) electrons. The fourth-order valence-electron chi connectivity index (χ4n) is 4.89. The van der Waals surface area contributed by atoms with Crippen LogP contribution in [0.25, 0.3) is 11.1 Å². The van der Waals surface area contributed by atoms with Crippen molar-refractivity contribution in [2.75, 3.05) is 19.7 Å². The van der Waals surface area contributed by atoms with Gasteiger partial charge in [-0.15, -0.1) is 0 Å². The Kier molecular flexibility index (Phi) is 6.61. The second-order valence-corrected chi connectivity index (χ2v) is 9.59. The minimum atomic E-state index is -1.13. The van der Waals surface area contributed by atoms with E-state index in [-0.39, 0.29) is 37.9 Å². The summed E-state index contributed by atoms with van der Waals surface area (Å²) in [5.74, 6) is -1.52. The Bertz CT molecular complexity index is 1050. The van der Waals surface area contributed by atoms with Crippen LogP contribution in [0.15, 0.2) is 48.5 Å². The van der Waals surface area contributed by atoms with Crippen LogP contribution in [-0.4, -0.2) is 64.9 Å². The summed E-state index contributed by atoms with van der Waals surface area (Å²) in [5, 5.41) is 21.9. The average Bonchev–Trinajstić information content (AvgIpc) is 3.35. The molecule has 34 heavy (non-hydrogen) atoms. The number of ether oxygens (including phenoxy) is 1. The maximum Gasteiger partial charge on any atom is 0.407 e. The molecule has 2 aliphatic rings. The van der Waals surface area contributed by atoms with Crippen molar-refractivity contribution in [1.29, 1.82) is 0 Å². The molecular formula is C26H30N2O6. The summed E-state index contributed by atoms with van der Waals surface area (Å²) < 4.78 is 5.52. The highest BCUT2D eigenvalue weighted by atomic mass is 16.5. The number of likely N-dealkylation sites (tertiary alicyclic amines) is 1. The van der Waals surface area contributed by atoms with E-state index in [0.717, 1.165) is 22.3 Å². The number of benzene rings is 2. The van der Waals surface area contributed by atoms with Gasteiger partial charge in [-0.3, -0.25) is 4.79 Å². The standard InChI is InChI=1S/C26H30N2O6/c1-26(2,24(32)28-14-16(29)13-22(28)23(30)31)11-12-27-25(33)34-15-21-19-9-5-3-7-17(19)18-8-4-6-10-20(18)21/h3-10,16,21-22,29H,11-15H2,1-2H3,(H,27,33)(H,30,31)/t16-,22-/m1/s1. The van der Waals surface area contributed by atoms with Gasteiger partial charge in [-0.05, 0) is 28.7 Å². The predicted octanol–water partition coefficient (Wildman–Crippen LogP) is 2.99. The van der Waals surface area contributed by atoms with Gasteiger partial charge in [0, 0.05) is 30.8 Å². The molecule has 2 amide bonds. The van der Waals surface area contributed by atoms with E-state index in [0.29, 0.717) is 6.42 Å². The molecule has 2 atom stereocenters. The number of aliphatic hydroxyl groups excluding tert-OH is 1. The molecule has 0 spiro atoms. The number of carbonyl (C=O) groups excluding carboxylic acids is 2. The SMILES string of the molecule is CC(C)(CCNC(=O)OCC1c2ccccc2-c2ccccc21)C(=O)N1C[C@H](O)C[C@@H]1C(=O)O. The maximum absolute atomic E-state index is 12.9. The maximum atomic E-state index is 12.9. The lowest BCUT2D eigenvalue weighted by Crippen LogP contribution is -2.47. The number of aliphatic hydroxyl groups is 1. The van der Waals surface area contributed by atoms with Crippen LogP contribution >= 0.6 is 0 Å². The molecule has 8 heteroatoms. The van der Waals surface area contributed by atoms with Crippen LogP contribution in [0, 0.1) is 5.41 Å². The molecule has 0 aromatic heterocycles. The van der Waals surface area contributed by atoms with Crippen LogP contribution < -0.4 is 5.32 Å². The highest BCUT2D eigenvalue weighted by Crippen LogP contribution is 2.44. The van der Waals surface area contributed by atoms with Gasteiger partial charge in [-0.2, -0.15) is 0 Å². The fraction of sp³-hybridized carbons (Fsp3) is 0.423. The number of hydrogen-bond donors (Lipinski definition) is 3. The van der Waals surface area contributed by atoms with Gasteiger partial charge in [0.05, 0.1) is 6.10 Å². The summed E-state index contributed by atoms with van der Waals surface area (Å²) in [6.07, 6.45) is -1.09.